The monoisotopic (exact) mass is 476 g/mol. The van der Waals surface area contributed by atoms with Crippen molar-refractivity contribution in [2.24, 2.45) is 0 Å². The Hall–Kier alpha value is -4.53. The third-order valence-corrected chi connectivity index (χ3v) is 4.99. The molecule has 0 heterocycles. The molecule has 35 heavy (non-hydrogen) atoms. The van der Waals surface area contributed by atoms with Gasteiger partial charge in [-0.15, -0.1) is 0 Å². The van der Waals surface area contributed by atoms with E-state index in [4.69, 9.17) is 9.47 Å². The summed E-state index contributed by atoms with van der Waals surface area (Å²) in [4.78, 5) is 49.7. The van der Waals surface area contributed by atoms with Gasteiger partial charge in [0.15, 0.2) is 6.61 Å². The topological polar surface area (TPSA) is 116 Å². The van der Waals surface area contributed by atoms with Crippen molar-refractivity contribution in [2.75, 3.05) is 13.2 Å². The zero-order valence-electron chi connectivity index (χ0n) is 19.1. The van der Waals surface area contributed by atoms with Crippen molar-refractivity contribution >= 4 is 23.5 Å². The van der Waals surface area contributed by atoms with Gasteiger partial charge in [-0.1, -0.05) is 60.7 Å². The van der Waals surface area contributed by atoms with Crippen molar-refractivity contribution in [3.63, 3.8) is 0 Å². The molecule has 0 bridgehead atoms. The summed E-state index contributed by atoms with van der Waals surface area (Å²) < 4.78 is 10.0. The Bertz CT molecular complexity index is 1160. The third-order valence-electron chi connectivity index (χ3n) is 4.99. The minimum absolute atomic E-state index is 0.0640. The predicted molar refractivity (Wildman–Crippen MR) is 126 cm³/mol. The average Bonchev–Trinajstić information content (AvgIpc) is 2.87. The smallest absolute Gasteiger partial charge is 0.338 e. The second-order valence-electron chi connectivity index (χ2n) is 7.54. The Labute approximate surface area is 202 Å². The Morgan fingerprint density at radius 2 is 1.29 bits per heavy atom. The maximum Gasteiger partial charge on any atom is 0.338 e. The number of ether oxygens (including phenoxy) is 2. The summed E-state index contributed by atoms with van der Waals surface area (Å²) in [5.74, 6) is -2.22. The van der Waals surface area contributed by atoms with Crippen LogP contribution in [0.25, 0.3) is 0 Å². The molecule has 0 aliphatic heterocycles. The lowest BCUT2D eigenvalue weighted by Gasteiger charge is -2.23. The van der Waals surface area contributed by atoms with E-state index in [-0.39, 0.29) is 17.7 Å². The third kappa shape index (κ3) is 7.23. The van der Waals surface area contributed by atoms with Gasteiger partial charge >= 0.3 is 11.9 Å². The molecule has 0 atom stereocenters. The predicted octanol–water partition coefficient (Wildman–Crippen LogP) is 4.16. The van der Waals surface area contributed by atoms with Crippen molar-refractivity contribution in [1.82, 2.24) is 4.90 Å². The first-order chi connectivity index (χ1) is 16.9. The van der Waals surface area contributed by atoms with Crippen LogP contribution >= 0.6 is 0 Å². The Morgan fingerprint density at radius 3 is 1.74 bits per heavy atom. The highest BCUT2D eigenvalue weighted by atomic mass is 16.6. The van der Waals surface area contributed by atoms with E-state index in [9.17, 15) is 24.5 Å². The van der Waals surface area contributed by atoms with Gasteiger partial charge in [-0.25, -0.2) is 9.59 Å². The van der Waals surface area contributed by atoms with Crippen molar-refractivity contribution in [2.45, 2.75) is 20.0 Å². The summed E-state index contributed by atoms with van der Waals surface area (Å²) in [6.07, 6.45) is 0. The van der Waals surface area contributed by atoms with E-state index in [1.54, 1.807) is 11.8 Å². The molecule has 3 aromatic rings. The molecule has 0 unspecified atom stereocenters. The Balaban J connectivity index is 1.75. The van der Waals surface area contributed by atoms with Crippen molar-refractivity contribution in [3.8, 4) is 0 Å². The maximum atomic E-state index is 13.0. The van der Waals surface area contributed by atoms with Gasteiger partial charge in [0.1, 0.15) is 0 Å². The second kappa shape index (κ2) is 12.1. The highest BCUT2D eigenvalue weighted by molar-refractivity contribution is 5.97. The van der Waals surface area contributed by atoms with E-state index >= 15 is 0 Å². The molecular formula is C26H24N2O7. The molecule has 0 aliphatic rings. The molecule has 0 aromatic heterocycles. The molecule has 0 fully saturated rings. The normalized spacial score (nSPS) is 10.3. The zero-order valence-corrected chi connectivity index (χ0v) is 19.1. The van der Waals surface area contributed by atoms with Crippen LogP contribution in [0, 0.1) is 10.1 Å². The highest BCUT2D eigenvalue weighted by Gasteiger charge is 2.22. The maximum absolute atomic E-state index is 13.0. The minimum atomic E-state index is -0.966. The van der Waals surface area contributed by atoms with Crippen LogP contribution in [-0.2, 0) is 27.4 Å². The van der Waals surface area contributed by atoms with Gasteiger partial charge in [0.2, 0.25) is 0 Å². The van der Waals surface area contributed by atoms with Crippen LogP contribution in [0.1, 0.15) is 38.8 Å². The summed E-state index contributed by atoms with van der Waals surface area (Å²) in [6, 6.07) is 21.9. The van der Waals surface area contributed by atoms with Crippen LogP contribution in [0.4, 0.5) is 5.69 Å². The highest BCUT2D eigenvalue weighted by Crippen LogP contribution is 2.19. The number of nitrogens with zero attached hydrogens (tertiary/aromatic N) is 2. The van der Waals surface area contributed by atoms with Gasteiger partial charge in [-0.3, -0.25) is 14.9 Å². The van der Waals surface area contributed by atoms with Crippen LogP contribution in [0.15, 0.2) is 78.9 Å². The van der Waals surface area contributed by atoms with E-state index in [1.807, 2.05) is 60.7 Å². The quantitative estimate of drug-likeness (QED) is 0.245. The summed E-state index contributed by atoms with van der Waals surface area (Å²) in [6.45, 7) is 1.68. The first-order valence-electron chi connectivity index (χ1n) is 10.9. The van der Waals surface area contributed by atoms with E-state index in [0.29, 0.717) is 13.1 Å². The lowest BCUT2D eigenvalue weighted by molar-refractivity contribution is -0.384. The van der Waals surface area contributed by atoms with Gasteiger partial charge in [-0.2, -0.15) is 0 Å². The largest absolute Gasteiger partial charge is 0.462 e. The Kier molecular flexibility index (Phi) is 8.66. The van der Waals surface area contributed by atoms with Crippen molar-refractivity contribution < 1.29 is 28.8 Å². The number of carbonyl (C=O) groups excluding carboxylic acids is 3. The number of esters is 2. The Morgan fingerprint density at radius 1 is 0.800 bits per heavy atom. The average molecular weight is 476 g/mol. The van der Waals surface area contributed by atoms with E-state index < -0.39 is 35.1 Å². The molecule has 0 radical (unpaired) electrons. The number of carbonyl (C=O) groups is 3. The summed E-state index contributed by atoms with van der Waals surface area (Å²) >= 11 is 0. The van der Waals surface area contributed by atoms with E-state index in [1.165, 1.54) is 0 Å². The minimum Gasteiger partial charge on any atom is -0.462 e. The lowest BCUT2D eigenvalue weighted by Crippen LogP contribution is -2.34. The van der Waals surface area contributed by atoms with Crippen LogP contribution in [0.2, 0.25) is 0 Å². The summed E-state index contributed by atoms with van der Waals surface area (Å²) in [5, 5.41) is 11.3. The fraction of sp³-hybridized carbons (Fsp3) is 0.192. The van der Waals surface area contributed by atoms with E-state index in [0.717, 1.165) is 29.3 Å². The second-order valence-corrected chi connectivity index (χ2v) is 7.54. The molecule has 1 amide bonds. The summed E-state index contributed by atoms with van der Waals surface area (Å²) in [5.41, 5.74) is 0.951. The molecule has 0 saturated heterocycles. The van der Waals surface area contributed by atoms with Gasteiger partial charge in [-0.05, 0) is 24.1 Å². The molecule has 0 spiro atoms. The van der Waals surface area contributed by atoms with Crippen molar-refractivity contribution in [3.05, 3.63) is 111 Å². The zero-order chi connectivity index (χ0) is 25.2. The number of nitro benzene ring substituents is 1. The van der Waals surface area contributed by atoms with Crippen LogP contribution in [0.5, 0.6) is 0 Å². The van der Waals surface area contributed by atoms with Gasteiger partial charge in [0, 0.05) is 25.2 Å². The summed E-state index contributed by atoms with van der Waals surface area (Å²) in [7, 11) is 0. The lowest BCUT2D eigenvalue weighted by atomic mass is 10.1. The molecule has 3 rings (SSSR count). The number of rotatable bonds is 10. The molecular weight excluding hydrogens is 452 g/mol. The molecule has 9 heteroatoms. The van der Waals surface area contributed by atoms with Crippen LogP contribution < -0.4 is 0 Å². The van der Waals surface area contributed by atoms with Crippen molar-refractivity contribution in [1.29, 1.82) is 0 Å². The molecule has 180 valence electrons. The van der Waals surface area contributed by atoms with Crippen LogP contribution in [0.3, 0.4) is 0 Å². The van der Waals surface area contributed by atoms with Gasteiger partial charge < -0.3 is 14.4 Å². The first-order valence-corrected chi connectivity index (χ1v) is 10.9. The molecule has 3 aromatic carbocycles. The number of amides is 1. The number of hydrogen-bond donors (Lipinski definition) is 0. The number of nitro groups is 1. The number of hydrogen-bond acceptors (Lipinski definition) is 7. The molecule has 9 nitrogen and oxygen atoms in total. The fourth-order valence-corrected chi connectivity index (χ4v) is 3.31. The number of non-ortho nitro benzene ring substituents is 1. The van der Waals surface area contributed by atoms with Gasteiger partial charge in [0.05, 0.1) is 22.7 Å². The SMILES string of the molecule is CCOC(=O)c1cc(C(=O)OCC(=O)N(Cc2ccccc2)Cc2ccccc2)cc([N+](=O)[O-])c1. The molecule has 0 aliphatic carbocycles. The molecule has 0 N–H and O–H groups in total. The molecule has 0 saturated carbocycles. The standard InChI is InChI=1S/C26H24N2O7/c1-2-34-25(30)21-13-22(15-23(14-21)28(32)33)26(31)35-18-24(29)27(16-19-9-5-3-6-10-19)17-20-11-7-4-8-12-20/h3-15H,2,16-18H2,1H3. The van der Waals surface area contributed by atoms with Gasteiger partial charge in [0.25, 0.3) is 11.6 Å². The number of benzene rings is 3. The van der Waals surface area contributed by atoms with E-state index in [2.05, 4.69) is 0 Å². The fourth-order valence-electron chi connectivity index (χ4n) is 3.31. The van der Waals surface area contributed by atoms with Crippen LogP contribution in [-0.4, -0.2) is 40.9 Å². The first kappa shape index (κ1) is 25.1.